The zero-order valence-corrected chi connectivity index (χ0v) is 11.9. The summed E-state index contributed by atoms with van der Waals surface area (Å²) in [5, 5.41) is 11.6. The highest BCUT2D eigenvalue weighted by atomic mass is 16.5. The predicted octanol–water partition coefficient (Wildman–Crippen LogP) is 2.46. The van der Waals surface area contributed by atoms with Gasteiger partial charge >= 0.3 is 5.97 Å². The fraction of sp³-hybridized carbons (Fsp3) is 0.467. The van der Waals surface area contributed by atoms with Crippen molar-refractivity contribution in [2.24, 2.45) is 0 Å². The van der Waals surface area contributed by atoms with Crippen LogP contribution in [0.15, 0.2) is 24.3 Å². The Balaban J connectivity index is 2.42. The molecular formula is C15H21NO4. The minimum absolute atomic E-state index is 0.164. The largest absolute Gasteiger partial charge is 0.481 e. The molecule has 0 aliphatic rings. The molecule has 1 aromatic carbocycles. The Hall–Kier alpha value is -2.04. The van der Waals surface area contributed by atoms with Gasteiger partial charge in [0.1, 0.15) is 5.75 Å². The lowest BCUT2D eigenvalue weighted by Gasteiger charge is -2.14. The highest BCUT2D eigenvalue weighted by molar-refractivity contribution is 5.87. The molecule has 0 heterocycles. The van der Waals surface area contributed by atoms with Gasteiger partial charge in [-0.1, -0.05) is 19.8 Å². The number of amides is 1. The second-order valence-corrected chi connectivity index (χ2v) is 4.59. The summed E-state index contributed by atoms with van der Waals surface area (Å²) >= 11 is 0. The minimum Gasteiger partial charge on any atom is -0.481 e. The number of unbranched alkanes of at least 4 members (excludes halogenated alkanes) is 2. The van der Waals surface area contributed by atoms with Crippen LogP contribution < -0.4 is 10.1 Å². The van der Waals surface area contributed by atoms with E-state index in [0.29, 0.717) is 12.3 Å². The fourth-order valence-corrected chi connectivity index (χ4v) is 1.66. The van der Waals surface area contributed by atoms with E-state index < -0.39 is 12.1 Å². The first-order valence-electron chi connectivity index (χ1n) is 6.82. The van der Waals surface area contributed by atoms with Crippen LogP contribution in [0.5, 0.6) is 5.75 Å². The van der Waals surface area contributed by atoms with Gasteiger partial charge < -0.3 is 15.2 Å². The average molecular weight is 279 g/mol. The number of hydrogen-bond acceptors (Lipinski definition) is 3. The molecular weight excluding hydrogens is 258 g/mol. The molecule has 0 aliphatic carbocycles. The van der Waals surface area contributed by atoms with Crippen LogP contribution in [0.3, 0.4) is 0 Å². The van der Waals surface area contributed by atoms with Crippen molar-refractivity contribution >= 4 is 11.9 Å². The summed E-state index contributed by atoms with van der Waals surface area (Å²) in [5.41, 5.74) is 0.189. The Morgan fingerprint density at radius 3 is 2.45 bits per heavy atom. The van der Waals surface area contributed by atoms with Crippen molar-refractivity contribution in [2.75, 3.05) is 6.54 Å². The van der Waals surface area contributed by atoms with Gasteiger partial charge in [-0.15, -0.1) is 0 Å². The van der Waals surface area contributed by atoms with E-state index in [0.717, 1.165) is 19.3 Å². The van der Waals surface area contributed by atoms with Crippen LogP contribution in [0.1, 0.15) is 43.5 Å². The lowest BCUT2D eigenvalue weighted by atomic mass is 10.2. The van der Waals surface area contributed by atoms with E-state index in [1.165, 1.54) is 12.1 Å². The third-order valence-electron chi connectivity index (χ3n) is 2.86. The summed E-state index contributed by atoms with van der Waals surface area (Å²) < 4.78 is 5.46. The number of carbonyl (C=O) groups excluding carboxylic acids is 1. The predicted molar refractivity (Wildman–Crippen MR) is 76.0 cm³/mol. The van der Waals surface area contributed by atoms with Gasteiger partial charge in [-0.2, -0.15) is 0 Å². The molecule has 110 valence electrons. The molecule has 1 unspecified atom stereocenters. The number of carbonyl (C=O) groups is 2. The van der Waals surface area contributed by atoms with Gasteiger partial charge in [0, 0.05) is 6.54 Å². The van der Waals surface area contributed by atoms with E-state index in [1.54, 1.807) is 19.1 Å². The van der Waals surface area contributed by atoms with Gasteiger partial charge in [-0.05, 0) is 37.6 Å². The number of ether oxygens (including phenoxy) is 1. The molecule has 0 saturated carbocycles. The molecule has 1 rings (SSSR count). The summed E-state index contributed by atoms with van der Waals surface area (Å²) in [4.78, 5) is 22.5. The molecule has 0 saturated heterocycles. The Morgan fingerprint density at radius 2 is 1.90 bits per heavy atom. The number of aromatic carboxylic acids is 1. The summed E-state index contributed by atoms with van der Waals surface area (Å²) in [7, 11) is 0. The smallest absolute Gasteiger partial charge is 0.335 e. The Morgan fingerprint density at radius 1 is 1.25 bits per heavy atom. The van der Waals surface area contributed by atoms with Crippen molar-refractivity contribution in [3.8, 4) is 5.75 Å². The van der Waals surface area contributed by atoms with Crippen LogP contribution in [-0.4, -0.2) is 29.6 Å². The topological polar surface area (TPSA) is 75.6 Å². The van der Waals surface area contributed by atoms with Crippen LogP contribution in [-0.2, 0) is 4.79 Å². The Kier molecular flexibility index (Phi) is 6.56. The third-order valence-corrected chi connectivity index (χ3v) is 2.86. The number of carboxylic acids is 1. The SMILES string of the molecule is CCCCCNC(=O)C(C)Oc1ccc(C(=O)O)cc1. The maximum absolute atomic E-state index is 11.8. The second-order valence-electron chi connectivity index (χ2n) is 4.59. The van der Waals surface area contributed by atoms with Gasteiger partial charge in [0.2, 0.25) is 0 Å². The van der Waals surface area contributed by atoms with Crippen molar-refractivity contribution in [3.63, 3.8) is 0 Å². The van der Waals surface area contributed by atoms with E-state index in [1.807, 2.05) is 0 Å². The highest BCUT2D eigenvalue weighted by Gasteiger charge is 2.14. The van der Waals surface area contributed by atoms with E-state index in [4.69, 9.17) is 9.84 Å². The van der Waals surface area contributed by atoms with Crippen LogP contribution in [0.25, 0.3) is 0 Å². The van der Waals surface area contributed by atoms with Crippen LogP contribution in [0, 0.1) is 0 Å². The third kappa shape index (κ3) is 5.30. The summed E-state index contributed by atoms with van der Waals surface area (Å²) in [5.74, 6) is -0.673. The molecule has 1 amide bonds. The van der Waals surface area contributed by atoms with Gasteiger partial charge in [0.05, 0.1) is 5.56 Å². The number of rotatable bonds is 8. The van der Waals surface area contributed by atoms with Gasteiger partial charge in [0.25, 0.3) is 5.91 Å². The summed E-state index contributed by atoms with van der Waals surface area (Å²) in [6.45, 7) is 4.42. The monoisotopic (exact) mass is 279 g/mol. The molecule has 5 heteroatoms. The number of hydrogen-bond donors (Lipinski definition) is 2. The maximum atomic E-state index is 11.8. The molecule has 0 aromatic heterocycles. The maximum Gasteiger partial charge on any atom is 0.335 e. The van der Waals surface area contributed by atoms with E-state index >= 15 is 0 Å². The zero-order valence-electron chi connectivity index (χ0n) is 11.9. The lowest BCUT2D eigenvalue weighted by molar-refractivity contribution is -0.127. The molecule has 1 aromatic rings. The quantitative estimate of drug-likeness (QED) is 0.717. The number of nitrogens with one attached hydrogen (secondary N) is 1. The van der Waals surface area contributed by atoms with Crippen LogP contribution >= 0.6 is 0 Å². The summed E-state index contributed by atoms with van der Waals surface area (Å²) in [6.07, 6.45) is 2.55. The Bertz CT molecular complexity index is 442. The molecule has 5 nitrogen and oxygen atoms in total. The van der Waals surface area contributed by atoms with E-state index in [-0.39, 0.29) is 11.5 Å². The summed E-state index contributed by atoms with van der Waals surface area (Å²) in [6, 6.07) is 5.99. The Labute approximate surface area is 118 Å². The van der Waals surface area contributed by atoms with Crippen molar-refractivity contribution in [1.29, 1.82) is 0 Å². The normalized spacial score (nSPS) is 11.7. The van der Waals surface area contributed by atoms with Gasteiger partial charge in [0.15, 0.2) is 6.10 Å². The number of benzene rings is 1. The highest BCUT2D eigenvalue weighted by Crippen LogP contribution is 2.14. The first-order valence-corrected chi connectivity index (χ1v) is 6.82. The van der Waals surface area contributed by atoms with E-state index in [9.17, 15) is 9.59 Å². The van der Waals surface area contributed by atoms with Crippen molar-refractivity contribution in [1.82, 2.24) is 5.32 Å². The number of carboxylic acid groups (broad SMARTS) is 1. The molecule has 0 spiro atoms. The van der Waals surface area contributed by atoms with Gasteiger partial charge in [-0.25, -0.2) is 4.79 Å². The van der Waals surface area contributed by atoms with Crippen molar-refractivity contribution in [3.05, 3.63) is 29.8 Å². The lowest BCUT2D eigenvalue weighted by Crippen LogP contribution is -2.36. The first-order chi connectivity index (χ1) is 9.54. The fourth-order valence-electron chi connectivity index (χ4n) is 1.66. The van der Waals surface area contributed by atoms with Crippen LogP contribution in [0.4, 0.5) is 0 Å². The molecule has 20 heavy (non-hydrogen) atoms. The molecule has 1 atom stereocenters. The molecule has 2 N–H and O–H groups in total. The molecule has 0 radical (unpaired) electrons. The van der Waals surface area contributed by atoms with E-state index in [2.05, 4.69) is 12.2 Å². The standard InChI is InChI=1S/C15H21NO4/c1-3-4-5-10-16-14(17)11(2)20-13-8-6-12(7-9-13)15(18)19/h6-9,11H,3-5,10H2,1-2H3,(H,16,17)(H,18,19). The average Bonchev–Trinajstić information content (AvgIpc) is 2.44. The zero-order chi connectivity index (χ0) is 15.0. The van der Waals surface area contributed by atoms with Crippen LogP contribution in [0.2, 0.25) is 0 Å². The molecule has 0 aliphatic heterocycles. The minimum atomic E-state index is -0.988. The molecule has 0 bridgehead atoms. The first kappa shape index (κ1) is 16.0. The van der Waals surface area contributed by atoms with Crippen molar-refractivity contribution < 1.29 is 19.4 Å². The van der Waals surface area contributed by atoms with Gasteiger partial charge in [-0.3, -0.25) is 4.79 Å². The second kappa shape index (κ2) is 8.19. The molecule has 0 fully saturated rings. The van der Waals surface area contributed by atoms with Crippen molar-refractivity contribution in [2.45, 2.75) is 39.2 Å².